The summed E-state index contributed by atoms with van der Waals surface area (Å²) in [5, 5.41) is 2.79. The fraction of sp³-hybridized carbons (Fsp3) is 0.333. The summed E-state index contributed by atoms with van der Waals surface area (Å²) in [5.41, 5.74) is 2.29. The molecule has 5 nitrogen and oxygen atoms in total. The molecule has 2 aromatic rings. The summed E-state index contributed by atoms with van der Waals surface area (Å²) in [6.45, 7) is 3.53. The number of benzene rings is 2. The molecule has 0 radical (unpaired) electrons. The van der Waals surface area contributed by atoms with Crippen LogP contribution in [0.3, 0.4) is 0 Å². The van der Waals surface area contributed by atoms with Gasteiger partial charge in [0.1, 0.15) is 5.75 Å². The molecule has 2 amide bonds. The van der Waals surface area contributed by atoms with Crippen LogP contribution in [-0.2, 0) is 4.79 Å². The Morgan fingerprint density at radius 1 is 1.00 bits per heavy atom. The normalized spacial score (nSPS) is 14.0. The topological polar surface area (TPSA) is 58.6 Å². The lowest BCUT2D eigenvalue weighted by Gasteiger charge is -2.26. The molecule has 136 valence electrons. The number of aryl methyl sites for hydroxylation is 1. The second-order valence-electron chi connectivity index (χ2n) is 6.53. The van der Waals surface area contributed by atoms with Gasteiger partial charge in [-0.25, -0.2) is 0 Å². The lowest BCUT2D eigenvalue weighted by atomic mass is 10.1. The number of carbonyl (C=O) groups excluding carboxylic acids is 2. The molecular weight excluding hydrogens is 328 g/mol. The summed E-state index contributed by atoms with van der Waals surface area (Å²) in [5.74, 6) is 0.527. The highest BCUT2D eigenvalue weighted by Gasteiger charge is 2.18. The number of hydrogen-bond acceptors (Lipinski definition) is 3. The van der Waals surface area contributed by atoms with Crippen molar-refractivity contribution in [2.75, 3.05) is 25.0 Å². The summed E-state index contributed by atoms with van der Waals surface area (Å²) in [4.78, 5) is 26.4. The Kier molecular flexibility index (Phi) is 5.89. The van der Waals surface area contributed by atoms with Gasteiger partial charge in [-0.1, -0.05) is 18.2 Å². The van der Waals surface area contributed by atoms with Gasteiger partial charge in [0.25, 0.3) is 11.8 Å². The summed E-state index contributed by atoms with van der Waals surface area (Å²) >= 11 is 0. The van der Waals surface area contributed by atoms with Crippen molar-refractivity contribution in [1.29, 1.82) is 0 Å². The number of para-hydroxylation sites is 1. The first-order valence-corrected chi connectivity index (χ1v) is 9.01. The van der Waals surface area contributed by atoms with E-state index in [2.05, 4.69) is 5.32 Å². The van der Waals surface area contributed by atoms with Gasteiger partial charge in [0.15, 0.2) is 6.61 Å². The van der Waals surface area contributed by atoms with Crippen molar-refractivity contribution in [3.8, 4) is 5.75 Å². The Morgan fingerprint density at radius 2 is 1.69 bits per heavy atom. The molecule has 1 saturated heterocycles. The molecule has 3 rings (SSSR count). The molecule has 0 spiro atoms. The average Bonchev–Trinajstić information content (AvgIpc) is 2.68. The number of carbonyl (C=O) groups is 2. The Balaban J connectivity index is 1.52. The Morgan fingerprint density at radius 3 is 2.38 bits per heavy atom. The second kappa shape index (κ2) is 8.52. The van der Waals surface area contributed by atoms with E-state index in [1.165, 1.54) is 6.42 Å². The summed E-state index contributed by atoms with van der Waals surface area (Å²) in [7, 11) is 0. The first-order valence-electron chi connectivity index (χ1n) is 9.01. The molecule has 1 aliphatic heterocycles. The molecule has 0 unspecified atom stereocenters. The van der Waals surface area contributed by atoms with Crippen molar-refractivity contribution in [2.45, 2.75) is 26.2 Å². The van der Waals surface area contributed by atoms with E-state index in [-0.39, 0.29) is 18.4 Å². The second-order valence-corrected chi connectivity index (χ2v) is 6.53. The van der Waals surface area contributed by atoms with Crippen LogP contribution in [0.4, 0.5) is 5.69 Å². The van der Waals surface area contributed by atoms with Crippen molar-refractivity contribution in [3.05, 3.63) is 59.7 Å². The third kappa shape index (κ3) is 4.63. The highest BCUT2D eigenvalue weighted by molar-refractivity contribution is 5.96. The number of nitrogens with one attached hydrogen (secondary N) is 1. The van der Waals surface area contributed by atoms with Gasteiger partial charge in [-0.3, -0.25) is 9.59 Å². The van der Waals surface area contributed by atoms with Crippen LogP contribution in [0.1, 0.15) is 35.2 Å². The van der Waals surface area contributed by atoms with E-state index >= 15 is 0 Å². The largest absolute Gasteiger partial charge is 0.483 e. The van der Waals surface area contributed by atoms with Crippen molar-refractivity contribution < 1.29 is 14.3 Å². The number of likely N-dealkylation sites (tertiary alicyclic amines) is 1. The SMILES string of the molecule is Cc1ccccc1OCC(=O)Nc1ccc(C(=O)N2CCCCC2)cc1. The number of nitrogens with zero attached hydrogens (tertiary/aromatic N) is 1. The van der Waals surface area contributed by atoms with Crippen molar-refractivity contribution in [3.63, 3.8) is 0 Å². The zero-order chi connectivity index (χ0) is 18.4. The fourth-order valence-corrected chi connectivity index (χ4v) is 3.03. The predicted octanol–water partition coefficient (Wildman–Crippen LogP) is 3.64. The van der Waals surface area contributed by atoms with Crippen molar-refractivity contribution >= 4 is 17.5 Å². The summed E-state index contributed by atoms with van der Waals surface area (Å²) in [6.07, 6.45) is 3.33. The standard InChI is InChI=1S/C21H24N2O3/c1-16-7-3-4-8-19(16)26-15-20(24)22-18-11-9-17(10-12-18)21(25)23-13-5-2-6-14-23/h3-4,7-12H,2,5-6,13-15H2,1H3,(H,22,24). The van der Waals surface area contributed by atoms with Gasteiger partial charge < -0.3 is 15.0 Å². The van der Waals surface area contributed by atoms with Gasteiger partial charge in [0, 0.05) is 24.3 Å². The van der Waals surface area contributed by atoms with Crippen LogP contribution in [0.15, 0.2) is 48.5 Å². The van der Waals surface area contributed by atoms with Gasteiger partial charge >= 0.3 is 0 Å². The molecule has 26 heavy (non-hydrogen) atoms. The van der Waals surface area contributed by atoms with Crippen LogP contribution in [0, 0.1) is 6.92 Å². The maximum Gasteiger partial charge on any atom is 0.262 e. The molecule has 0 aromatic heterocycles. The van der Waals surface area contributed by atoms with Crippen LogP contribution < -0.4 is 10.1 Å². The van der Waals surface area contributed by atoms with Gasteiger partial charge in [-0.05, 0) is 62.1 Å². The minimum absolute atomic E-state index is 0.0562. The number of rotatable bonds is 5. The first kappa shape index (κ1) is 18.0. The van der Waals surface area contributed by atoms with E-state index in [1.54, 1.807) is 24.3 Å². The molecule has 0 bridgehead atoms. The van der Waals surface area contributed by atoms with Crippen molar-refractivity contribution in [2.24, 2.45) is 0 Å². The third-order valence-corrected chi connectivity index (χ3v) is 4.51. The quantitative estimate of drug-likeness (QED) is 0.894. The zero-order valence-electron chi connectivity index (χ0n) is 15.0. The highest BCUT2D eigenvalue weighted by Crippen LogP contribution is 2.17. The lowest BCUT2D eigenvalue weighted by Crippen LogP contribution is -2.35. The van der Waals surface area contributed by atoms with E-state index in [0.29, 0.717) is 17.0 Å². The monoisotopic (exact) mass is 352 g/mol. The van der Waals surface area contributed by atoms with Gasteiger partial charge in [0.2, 0.25) is 0 Å². The maximum atomic E-state index is 12.4. The van der Waals surface area contributed by atoms with Crippen LogP contribution >= 0.6 is 0 Å². The fourth-order valence-electron chi connectivity index (χ4n) is 3.03. The number of anilines is 1. The number of ether oxygens (including phenoxy) is 1. The molecule has 1 N–H and O–H groups in total. The predicted molar refractivity (Wildman–Crippen MR) is 102 cm³/mol. The molecule has 1 fully saturated rings. The number of hydrogen-bond donors (Lipinski definition) is 1. The van der Waals surface area contributed by atoms with E-state index in [4.69, 9.17) is 4.74 Å². The molecular formula is C21H24N2O3. The Bertz CT molecular complexity index is 765. The number of amides is 2. The Labute approximate surface area is 154 Å². The van der Waals surface area contributed by atoms with Crippen LogP contribution in [0.5, 0.6) is 5.75 Å². The van der Waals surface area contributed by atoms with Crippen LogP contribution in [0.2, 0.25) is 0 Å². The van der Waals surface area contributed by atoms with Gasteiger partial charge in [-0.2, -0.15) is 0 Å². The van der Waals surface area contributed by atoms with E-state index in [9.17, 15) is 9.59 Å². The summed E-state index contributed by atoms with van der Waals surface area (Å²) < 4.78 is 5.54. The zero-order valence-corrected chi connectivity index (χ0v) is 15.0. The van der Waals surface area contributed by atoms with Crippen LogP contribution in [-0.4, -0.2) is 36.4 Å². The van der Waals surface area contributed by atoms with E-state index in [1.807, 2.05) is 36.1 Å². The number of piperidine rings is 1. The molecule has 1 aliphatic rings. The van der Waals surface area contributed by atoms with Crippen LogP contribution in [0.25, 0.3) is 0 Å². The molecule has 1 heterocycles. The highest BCUT2D eigenvalue weighted by atomic mass is 16.5. The first-order chi connectivity index (χ1) is 12.6. The average molecular weight is 352 g/mol. The third-order valence-electron chi connectivity index (χ3n) is 4.51. The van der Waals surface area contributed by atoms with E-state index < -0.39 is 0 Å². The smallest absolute Gasteiger partial charge is 0.262 e. The van der Waals surface area contributed by atoms with E-state index in [0.717, 1.165) is 31.5 Å². The molecule has 0 aliphatic carbocycles. The minimum Gasteiger partial charge on any atom is -0.483 e. The van der Waals surface area contributed by atoms with Gasteiger partial charge in [-0.15, -0.1) is 0 Å². The molecule has 0 atom stereocenters. The minimum atomic E-state index is -0.233. The molecule has 2 aromatic carbocycles. The van der Waals surface area contributed by atoms with Gasteiger partial charge in [0.05, 0.1) is 0 Å². The summed E-state index contributed by atoms with van der Waals surface area (Å²) in [6, 6.07) is 14.6. The maximum absolute atomic E-state index is 12.4. The molecule has 5 heteroatoms. The Hall–Kier alpha value is -2.82. The van der Waals surface area contributed by atoms with Crippen molar-refractivity contribution in [1.82, 2.24) is 4.90 Å². The lowest BCUT2D eigenvalue weighted by molar-refractivity contribution is -0.118. The molecule has 0 saturated carbocycles.